The molecule has 4 rings (SSSR count). The van der Waals surface area contributed by atoms with Crippen molar-refractivity contribution < 1.29 is 5.11 Å². The molecule has 1 aromatic carbocycles. The topological polar surface area (TPSA) is 67.1 Å². The van der Waals surface area contributed by atoms with Crippen molar-refractivity contribution in [2.24, 2.45) is 7.05 Å². The summed E-state index contributed by atoms with van der Waals surface area (Å²) in [5.74, 6) is 1.57. The van der Waals surface area contributed by atoms with Gasteiger partial charge in [0.05, 0.1) is 11.8 Å². The standard InChI is InChI=1S/C19H21N5O/c1-23-17(7-10-21-23)14-4-2-5-15(12-14)19-20-9-8-18(22-19)24-11-3-6-16(25)13-24/h2,4-5,7-10,12,16,25H,3,6,11,13H2,1H3/t16-/m1/s1. The minimum absolute atomic E-state index is 0.277. The number of benzene rings is 1. The van der Waals surface area contributed by atoms with Gasteiger partial charge in [0, 0.05) is 43.7 Å². The largest absolute Gasteiger partial charge is 0.391 e. The number of nitrogens with zero attached hydrogens (tertiary/aromatic N) is 5. The SMILES string of the molecule is Cn1nccc1-c1cccc(-c2nccc(N3CCC[C@@H](O)C3)n2)c1. The fourth-order valence-electron chi connectivity index (χ4n) is 3.30. The van der Waals surface area contributed by atoms with Gasteiger partial charge in [-0.25, -0.2) is 9.97 Å². The Balaban J connectivity index is 1.66. The van der Waals surface area contributed by atoms with Gasteiger partial charge >= 0.3 is 0 Å². The van der Waals surface area contributed by atoms with Crippen LogP contribution in [0.2, 0.25) is 0 Å². The van der Waals surface area contributed by atoms with Crippen molar-refractivity contribution in [2.45, 2.75) is 18.9 Å². The van der Waals surface area contributed by atoms with E-state index >= 15 is 0 Å². The van der Waals surface area contributed by atoms with Crippen LogP contribution in [0.25, 0.3) is 22.6 Å². The maximum Gasteiger partial charge on any atom is 0.161 e. The Bertz CT molecular complexity index is 876. The number of aryl methyl sites for hydroxylation is 1. The highest BCUT2D eigenvalue weighted by molar-refractivity contribution is 5.68. The Morgan fingerprint density at radius 1 is 1.12 bits per heavy atom. The summed E-state index contributed by atoms with van der Waals surface area (Å²) in [6, 6.07) is 12.1. The summed E-state index contributed by atoms with van der Waals surface area (Å²) in [6.45, 7) is 1.55. The van der Waals surface area contributed by atoms with E-state index in [4.69, 9.17) is 4.98 Å². The number of hydrogen-bond acceptors (Lipinski definition) is 5. The minimum Gasteiger partial charge on any atom is -0.391 e. The Kier molecular flexibility index (Phi) is 4.19. The van der Waals surface area contributed by atoms with E-state index in [0.717, 1.165) is 42.0 Å². The normalized spacial score (nSPS) is 17.7. The molecule has 3 aromatic rings. The second-order valence-corrected chi connectivity index (χ2v) is 6.40. The predicted molar refractivity (Wildman–Crippen MR) is 97.1 cm³/mol. The van der Waals surface area contributed by atoms with Gasteiger partial charge in [0.15, 0.2) is 5.82 Å². The third-order valence-electron chi connectivity index (χ3n) is 4.60. The first-order valence-electron chi connectivity index (χ1n) is 8.55. The van der Waals surface area contributed by atoms with E-state index in [1.165, 1.54) is 0 Å². The molecule has 1 saturated heterocycles. The molecule has 0 amide bonds. The van der Waals surface area contributed by atoms with Crippen LogP contribution in [0, 0.1) is 0 Å². The van der Waals surface area contributed by atoms with Crippen LogP contribution >= 0.6 is 0 Å². The van der Waals surface area contributed by atoms with E-state index in [0.29, 0.717) is 12.4 Å². The van der Waals surface area contributed by atoms with Crippen molar-refractivity contribution in [3.8, 4) is 22.6 Å². The quantitative estimate of drug-likeness (QED) is 0.796. The number of aliphatic hydroxyl groups is 1. The lowest BCUT2D eigenvalue weighted by atomic mass is 10.1. The molecule has 1 fully saturated rings. The van der Waals surface area contributed by atoms with E-state index < -0.39 is 0 Å². The summed E-state index contributed by atoms with van der Waals surface area (Å²) in [5.41, 5.74) is 3.11. The molecule has 1 aliphatic rings. The molecule has 0 spiro atoms. The Labute approximate surface area is 146 Å². The number of rotatable bonds is 3. The Morgan fingerprint density at radius 3 is 2.80 bits per heavy atom. The molecule has 0 unspecified atom stereocenters. The van der Waals surface area contributed by atoms with Crippen LogP contribution in [0.15, 0.2) is 48.8 Å². The highest BCUT2D eigenvalue weighted by Gasteiger charge is 2.19. The number of anilines is 1. The van der Waals surface area contributed by atoms with Gasteiger partial charge in [0.25, 0.3) is 0 Å². The molecular formula is C19H21N5O. The lowest BCUT2D eigenvalue weighted by Gasteiger charge is -2.31. The third-order valence-corrected chi connectivity index (χ3v) is 4.60. The Morgan fingerprint density at radius 2 is 2.00 bits per heavy atom. The summed E-state index contributed by atoms with van der Waals surface area (Å²) in [7, 11) is 1.93. The molecule has 1 atom stereocenters. The molecule has 0 bridgehead atoms. The van der Waals surface area contributed by atoms with Crippen molar-refractivity contribution in [2.75, 3.05) is 18.0 Å². The fourth-order valence-corrected chi connectivity index (χ4v) is 3.30. The third kappa shape index (κ3) is 3.25. The van der Waals surface area contributed by atoms with Gasteiger partial charge in [0.1, 0.15) is 5.82 Å². The van der Waals surface area contributed by atoms with Crippen molar-refractivity contribution in [3.63, 3.8) is 0 Å². The van der Waals surface area contributed by atoms with Gasteiger partial charge in [-0.1, -0.05) is 18.2 Å². The molecule has 6 heteroatoms. The van der Waals surface area contributed by atoms with Crippen molar-refractivity contribution >= 4 is 5.82 Å². The van der Waals surface area contributed by atoms with Gasteiger partial charge in [0.2, 0.25) is 0 Å². The first-order chi connectivity index (χ1) is 12.2. The molecule has 0 saturated carbocycles. The van der Waals surface area contributed by atoms with Gasteiger partial charge in [-0.2, -0.15) is 5.10 Å². The molecular weight excluding hydrogens is 314 g/mol. The van der Waals surface area contributed by atoms with Crippen LogP contribution in [0.3, 0.4) is 0 Å². The molecule has 0 aliphatic carbocycles. The zero-order valence-corrected chi connectivity index (χ0v) is 14.2. The van der Waals surface area contributed by atoms with Crippen LogP contribution in [-0.4, -0.2) is 44.0 Å². The second kappa shape index (κ2) is 6.64. The van der Waals surface area contributed by atoms with Gasteiger partial charge in [-0.05, 0) is 31.0 Å². The van der Waals surface area contributed by atoms with Crippen molar-refractivity contribution in [1.82, 2.24) is 19.7 Å². The van der Waals surface area contributed by atoms with E-state index in [1.54, 1.807) is 12.4 Å². The minimum atomic E-state index is -0.277. The molecule has 128 valence electrons. The van der Waals surface area contributed by atoms with Gasteiger partial charge in [-0.3, -0.25) is 4.68 Å². The number of aliphatic hydroxyl groups excluding tert-OH is 1. The second-order valence-electron chi connectivity index (χ2n) is 6.40. The van der Waals surface area contributed by atoms with Crippen LogP contribution in [0.1, 0.15) is 12.8 Å². The summed E-state index contributed by atoms with van der Waals surface area (Å²) in [4.78, 5) is 11.3. The first-order valence-corrected chi connectivity index (χ1v) is 8.55. The van der Waals surface area contributed by atoms with Crippen LogP contribution < -0.4 is 4.90 Å². The fraction of sp³-hybridized carbons (Fsp3) is 0.316. The van der Waals surface area contributed by atoms with E-state index in [9.17, 15) is 5.11 Å². The number of aromatic nitrogens is 4. The van der Waals surface area contributed by atoms with Crippen molar-refractivity contribution in [3.05, 3.63) is 48.8 Å². The van der Waals surface area contributed by atoms with E-state index in [2.05, 4.69) is 27.1 Å². The summed E-state index contributed by atoms with van der Waals surface area (Å²) in [5, 5.41) is 14.1. The molecule has 1 aliphatic heterocycles. The highest BCUT2D eigenvalue weighted by atomic mass is 16.3. The first kappa shape index (κ1) is 15.8. The monoisotopic (exact) mass is 335 g/mol. The summed E-state index contributed by atoms with van der Waals surface area (Å²) < 4.78 is 1.85. The summed E-state index contributed by atoms with van der Waals surface area (Å²) >= 11 is 0. The lowest BCUT2D eigenvalue weighted by molar-refractivity contribution is 0.154. The molecule has 3 heterocycles. The van der Waals surface area contributed by atoms with Gasteiger partial charge in [-0.15, -0.1) is 0 Å². The van der Waals surface area contributed by atoms with Crippen LogP contribution in [0.5, 0.6) is 0 Å². The molecule has 0 radical (unpaired) electrons. The average molecular weight is 335 g/mol. The molecule has 25 heavy (non-hydrogen) atoms. The number of β-amino-alcohol motifs (C(OH)–C–C–N with tert-alkyl or cyclic N) is 1. The van der Waals surface area contributed by atoms with Crippen LogP contribution in [0.4, 0.5) is 5.82 Å². The van der Waals surface area contributed by atoms with Gasteiger partial charge < -0.3 is 10.0 Å². The van der Waals surface area contributed by atoms with E-state index in [1.807, 2.05) is 36.0 Å². The zero-order valence-electron chi connectivity index (χ0n) is 14.2. The predicted octanol–water partition coefficient (Wildman–Crippen LogP) is 2.51. The summed E-state index contributed by atoms with van der Waals surface area (Å²) in [6.07, 6.45) is 5.15. The Hall–Kier alpha value is -2.73. The zero-order chi connectivity index (χ0) is 17.2. The molecule has 1 N–H and O–H groups in total. The maximum atomic E-state index is 9.90. The van der Waals surface area contributed by atoms with Crippen molar-refractivity contribution in [1.29, 1.82) is 0 Å². The maximum absolute atomic E-state index is 9.90. The molecule has 2 aromatic heterocycles. The smallest absolute Gasteiger partial charge is 0.161 e. The number of hydrogen-bond donors (Lipinski definition) is 1. The lowest BCUT2D eigenvalue weighted by Crippen LogP contribution is -2.38. The number of piperidine rings is 1. The van der Waals surface area contributed by atoms with Crippen LogP contribution in [-0.2, 0) is 7.05 Å². The molecule has 6 nitrogen and oxygen atoms in total. The van der Waals surface area contributed by atoms with E-state index in [-0.39, 0.29) is 6.10 Å². The average Bonchev–Trinajstić information content (AvgIpc) is 3.08. The highest BCUT2D eigenvalue weighted by Crippen LogP contribution is 2.25.